The van der Waals surface area contributed by atoms with Gasteiger partial charge in [-0.05, 0) is 29.7 Å². The lowest BCUT2D eigenvalue weighted by atomic mass is 9.83. The minimum atomic E-state index is -1.53. The number of halogens is 1. The second kappa shape index (κ2) is 7.40. The molecule has 150 valence electrons. The number of benzene rings is 2. The Morgan fingerprint density at radius 1 is 1.03 bits per heavy atom. The Labute approximate surface area is 171 Å². The molecular formula is C22H17FN4O3. The van der Waals surface area contributed by atoms with Crippen LogP contribution < -0.4 is 10.7 Å². The van der Waals surface area contributed by atoms with Gasteiger partial charge >= 0.3 is 6.03 Å². The molecule has 1 aliphatic heterocycles. The predicted molar refractivity (Wildman–Crippen MR) is 105 cm³/mol. The molecule has 7 nitrogen and oxygen atoms in total. The van der Waals surface area contributed by atoms with Gasteiger partial charge in [-0.25, -0.2) is 9.78 Å². The van der Waals surface area contributed by atoms with E-state index in [4.69, 9.17) is 0 Å². The highest BCUT2D eigenvalue weighted by atomic mass is 19.1. The summed E-state index contributed by atoms with van der Waals surface area (Å²) in [5.41, 5.74) is 1.91. The van der Waals surface area contributed by atoms with Gasteiger partial charge in [-0.15, -0.1) is 0 Å². The molecule has 0 aliphatic carbocycles. The Morgan fingerprint density at radius 2 is 1.60 bits per heavy atom. The third-order valence-electron chi connectivity index (χ3n) is 4.87. The molecule has 30 heavy (non-hydrogen) atoms. The molecule has 8 heteroatoms. The number of aryl methyl sites for hydroxylation is 1. The van der Waals surface area contributed by atoms with E-state index < -0.39 is 29.3 Å². The molecule has 1 aliphatic rings. The second-order valence-electron chi connectivity index (χ2n) is 6.84. The van der Waals surface area contributed by atoms with E-state index in [2.05, 4.69) is 15.7 Å². The number of aromatic nitrogens is 1. The zero-order chi connectivity index (χ0) is 21.3. The first kappa shape index (κ1) is 19.3. The Bertz CT molecular complexity index is 1100. The van der Waals surface area contributed by atoms with Crippen molar-refractivity contribution in [2.75, 3.05) is 0 Å². The molecule has 2 heterocycles. The van der Waals surface area contributed by atoms with Gasteiger partial charge in [-0.1, -0.05) is 60.7 Å². The standard InChI is InChI=1S/C22H17FN4O3/c1-14-12-17(18(23)24-13-14)19(28)26-27-20(29)22(25-21(27)30,15-8-4-2-5-9-15)16-10-6-3-7-11-16/h2-13H,1H3,(H,25,30)(H,26,28). The fourth-order valence-corrected chi connectivity index (χ4v) is 3.44. The van der Waals surface area contributed by atoms with E-state index >= 15 is 0 Å². The minimum absolute atomic E-state index is 0.368. The van der Waals surface area contributed by atoms with Crippen LogP contribution in [0.4, 0.5) is 9.18 Å². The van der Waals surface area contributed by atoms with Crippen molar-refractivity contribution in [1.29, 1.82) is 0 Å². The van der Waals surface area contributed by atoms with Gasteiger partial charge in [0.15, 0.2) is 5.54 Å². The number of carbonyl (C=O) groups is 3. The van der Waals surface area contributed by atoms with E-state index in [1.807, 2.05) is 0 Å². The van der Waals surface area contributed by atoms with Crippen LogP contribution in [0.15, 0.2) is 72.9 Å². The largest absolute Gasteiger partial charge is 0.344 e. The predicted octanol–water partition coefficient (Wildman–Crippen LogP) is 2.67. The van der Waals surface area contributed by atoms with Crippen molar-refractivity contribution in [2.45, 2.75) is 12.5 Å². The summed E-state index contributed by atoms with van der Waals surface area (Å²) in [6.45, 7) is 1.65. The maximum Gasteiger partial charge on any atom is 0.344 e. The highest BCUT2D eigenvalue weighted by molar-refractivity contribution is 6.11. The molecule has 0 radical (unpaired) electrons. The number of imide groups is 1. The average Bonchev–Trinajstić information content (AvgIpc) is 3.02. The van der Waals surface area contributed by atoms with Crippen LogP contribution in [0.3, 0.4) is 0 Å². The highest BCUT2D eigenvalue weighted by Gasteiger charge is 2.54. The van der Waals surface area contributed by atoms with E-state index in [0.717, 1.165) is 0 Å². The Hall–Kier alpha value is -4.07. The van der Waals surface area contributed by atoms with Crippen molar-refractivity contribution in [3.63, 3.8) is 0 Å². The summed E-state index contributed by atoms with van der Waals surface area (Å²) in [7, 11) is 0. The zero-order valence-electron chi connectivity index (χ0n) is 15.9. The van der Waals surface area contributed by atoms with E-state index in [-0.39, 0.29) is 5.56 Å². The molecule has 1 aromatic heterocycles. The number of nitrogens with one attached hydrogen (secondary N) is 2. The van der Waals surface area contributed by atoms with Crippen molar-refractivity contribution in [3.05, 3.63) is 101 Å². The lowest BCUT2D eigenvalue weighted by molar-refractivity contribution is -0.131. The summed E-state index contributed by atoms with van der Waals surface area (Å²) in [6.07, 6.45) is 1.27. The number of hydrazine groups is 1. The summed E-state index contributed by atoms with van der Waals surface area (Å²) < 4.78 is 14.0. The summed E-state index contributed by atoms with van der Waals surface area (Å²) >= 11 is 0. The smallest absolute Gasteiger partial charge is 0.314 e. The van der Waals surface area contributed by atoms with E-state index in [0.29, 0.717) is 21.7 Å². The number of hydrogen-bond donors (Lipinski definition) is 2. The van der Waals surface area contributed by atoms with Gasteiger partial charge < -0.3 is 5.32 Å². The van der Waals surface area contributed by atoms with Gasteiger partial charge in [-0.2, -0.15) is 9.40 Å². The van der Waals surface area contributed by atoms with Gasteiger partial charge in [0, 0.05) is 6.20 Å². The van der Waals surface area contributed by atoms with Crippen LogP contribution in [-0.4, -0.2) is 27.8 Å². The average molecular weight is 404 g/mol. The first-order chi connectivity index (χ1) is 14.4. The Morgan fingerprint density at radius 3 is 2.17 bits per heavy atom. The van der Waals surface area contributed by atoms with E-state index in [1.54, 1.807) is 67.6 Å². The number of amides is 4. The monoisotopic (exact) mass is 404 g/mol. The van der Waals surface area contributed by atoms with Crippen molar-refractivity contribution in [2.24, 2.45) is 0 Å². The van der Waals surface area contributed by atoms with Crippen LogP contribution in [0.5, 0.6) is 0 Å². The molecule has 4 rings (SSSR count). The van der Waals surface area contributed by atoms with Gasteiger partial charge in [0.25, 0.3) is 11.8 Å². The van der Waals surface area contributed by atoms with Crippen LogP contribution in [0.25, 0.3) is 0 Å². The molecule has 3 aromatic rings. The number of hydrogen-bond acceptors (Lipinski definition) is 4. The molecule has 0 unspecified atom stereocenters. The topological polar surface area (TPSA) is 91.4 Å². The number of rotatable bonds is 4. The van der Waals surface area contributed by atoms with E-state index in [1.165, 1.54) is 12.3 Å². The van der Waals surface area contributed by atoms with Gasteiger partial charge in [0.05, 0.1) is 5.56 Å². The Balaban J connectivity index is 1.74. The van der Waals surface area contributed by atoms with Gasteiger partial charge in [0.2, 0.25) is 5.95 Å². The minimum Gasteiger partial charge on any atom is -0.314 e. The quantitative estimate of drug-likeness (QED) is 0.517. The third-order valence-corrected chi connectivity index (χ3v) is 4.87. The molecule has 0 atom stereocenters. The molecule has 4 amide bonds. The van der Waals surface area contributed by atoms with Crippen LogP contribution in [0, 0.1) is 12.9 Å². The van der Waals surface area contributed by atoms with Crippen molar-refractivity contribution >= 4 is 17.8 Å². The normalized spacial score (nSPS) is 15.1. The molecule has 0 bridgehead atoms. The number of nitrogens with zero attached hydrogens (tertiary/aromatic N) is 2. The first-order valence-electron chi connectivity index (χ1n) is 9.14. The van der Waals surface area contributed by atoms with Crippen molar-refractivity contribution < 1.29 is 18.8 Å². The molecule has 0 spiro atoms. The first-order valence-corrected chi connectivity index (χ1v) is 9.14. The third kappa shape index (κ3) is 3.08. The van der Waals surface area contributed by atoms with Crippen LogP contribution in [0.2, 0.25) is 0 Å². The fourth-order valence-electron chi connectivity index (χ4n) is 3.44. The molecule has 1 fully saturated rings. The van der Waals surface area contributed by atoms with Crippen LogP contribution in [0.1, 0.15) is 27.0 Å². The van der Waals surface area contributed by atoms with Gasteiger partial charge in [-0.3, -0.25) is 15.0 Å². The van der Waals surface area contributed by atoms with Crippen LogP contribution >= 0.6 is 0 Å². The summed E-state index contributed by atoms with van der Waals surface area (Å²) in [6, 6.07) is 17.8. The molecular weight excluding hydrogens is 387 g/mol. The summed E-state index contributed by atoms with van der Waals surface area (Å²) in [5.74, 6) is -2.66. The van der Waals surface area contributed by atoms with Gasteiger partial charge in [0.1, 0.15) is 0 Å². The SMILES string of the molecule is Cc1cnc(F)c(C(=O)NN2C(=O)NC(c3ccccc3)(c3ccccc3)C2=O)c1. The summed E-state index contributed by atoms with van der Waals surface area (Å²) in [5, 5.41) is 3.27. The zero-order valence-corrected chi connectivity index (χ0v) is 15.9. The number of carbonyl (C=O) groups excluding carboxylic acids is 3. The maximum atomic E-state index is 14.0. The molecule has 2 aromatic carbocycles. The molecule has 0 saturated carbocycles. The van der Waals surface area contributed by atoms with Crippen LogP contribution in [-0.2, 0) is 10.3 Å². The Kier molecular flexibility index (Phi) is 4.75. The lowest BCUT2D eigenvalue weighted by Crippen LogP contribution is -2.49. The maximum absolute atomic E-state index is 14.0. The fraction of sp³-hybridized carbons (Fsp3) is 0.0909. The molecule has 2 N–H and O–H groups in total. The molecule has 1 saturated heterocycles. The van der Waals surface area contributed by atoms with Crippen molar-refractivity contribution in [3.8, 4) is 0 Å². The highest BCUT2D eigenvalue weighted by Crippen LogP contribution is 2.35. The number of pyridine rings is 1. The van der Waals surface area contributed by atoms with E-state index in [9.17, 15) is 18.8 Å². The lowest BCUT2D eigenvalue weighted by Gasteiger charge is -2.27. The van der Waals surface area contributed by atoms with Crippen molar-refractivity contribution in [1.82, 2.24) is 20.7 Å². The number of urea groups is 1. The summed E-state index contributed by atoms with van der Waals surface area (Å²) in [4.78, 5) is 42.3. The second-order valence-corrected chi connectivity index (χ2v) is 6.84.